The molecule has 0 radical (unpaired) electrons. The number of hydrogen-bond donors (Lipinski definition) is 2. The van der Waals surface area contributed by atoms with Crippen LogP contribution in [0.4, 0.5) is 0 Å². The number of benzene rings is 1. The Bertz CT molecular complexity index is 785. The van der Waals surface area contributed by atoms with E-state index in [0.717, 1.165) is 56.0 Å². The molecule has 1 aromatic carbocycles. The molecule has 0 unspecified atom stereocenters. The highest BCUT2D eigenvalue weighted by Crippen LogP contribution is 2.30. The zero-order valence-electron chi connectivity index (χ0n) is 17.8. The number of ether oxygens (including phenoxy) is 1. The highest BCUT2D eigenvalue weighted by Gasteiger charge is 2.22. The molecule has 160 valence electrons. The van der Waals surface area contributed by atoms with Crippen LogP contribution in [0, 0.1) is 19.8 Å². The second-order valence-corrected chi connectivity index (χ2v) is 7.59. The highest BCUT2D eigenvalue weighted by atomic mass is 127. The average Bonchev–Trinajstić information content (AvgIpc) is 3.44. The molecule has 0 amide bonds. The van der Waals surface area contributed by atoms with E-state index >= 15 is 0 Å². The summed E-state index contributed by atoms with van der Waals surface area (Å²) in [4.78, 5) is 8.59. The maximum absolute atomic E-state index is 6.06. The van der Waals surface area contributed by atoms with Crippen LogP contribution < -0.4 is 15.4 Å². The molecule has 0 atom stereocenters. The van der Waals surface area contributed by atoms with Crippen LogP contribution in [0.3, 0.4) is 0 Å². The smallest absolute Gasteiger partial charge is 0.191 e. The molecule has 1 aliphatic rings. The Kier molecular flexibility index (Phi) is 9.76. The maximum Gasteiger partial charge on any atom is 0.191 e. The van der Waals surface area contributed by atoms with Gasteiger partial charge in [0.1, 0.15) is 11.6 Å². The lowest BCUT2D eigenvalue weighted by molar-refractivity contribution is 0.296. The third-order valence-electron chi connectivity index (χ3n) is 5.11. The third kappa shape index (κ3) is 7.87. The molecule has 6 nitrogen and oxygen atoms in total. The lowest BCUT2D eigenvalue weighted by Crippen LogP contribution is -2.37. The van der Waals surface area contributed by atoms with Crippen LogP contribution in [-0.2, 0) is 13.1 Å². The van der Waals surface area contributed by atoms with Gasteiger partial charge < -0.3 is 19.9 Å². The number of hydrogen-bond acceptors (Lipinski definition) is 3. The van der Waals surface area contributed by atoms with Crippen molar-refractivity contribution in [1.29, 1.82) is 0 Å². The highest BCUT2D eigenvalue weighted by molar-refractivity contribution is 14.0. The summed E-state index contributed by atoms with van der Waals surface area (Å²) in [6.45, 7) is 7.58. The van der Waals surface area contributed by atoms with Crippen LogP contribution in [-0.4, -0.2) is 35.7 Å². The topological polar surface area (TPSA) is 63.5 Å². The van der Waals surface area contributed by atoms with Crippen molar-refractivity contribution in [3.63, 3.8) is 0 Å². The number of nitrogens with one attached hydrogen (secondary N) is 2. The van der Waals surface area contributed by atoms with Crippen molar-refractivity contribution in [3.05, 3.63) is 47.5 Å². The normalized spacial score (nSPS) is 13.7. The number of halogens is 1. The van der Waals surface area contributed by atoms with Gasteiger partial charge in [-0.15, -0.1) is 24.0 Å². The number of imidazole rings is 1. The summed E-state index contributed by atoms with van der Waals surface area (Å²) < 4.78 is 8.25. The average molecular weight is 511 g/mol. The Morgan fingerprint density at radius 2 is 2.07 bits per heavy atom. The van der Waals surface area contributed by atoms with Crippen LogP contribution >= 0.6 is 24.0 Å². The molecule has 7 heteroatoms. The number of guanidine groups is 1. The van der Waals surface area contributed by atoms with E-state index in [-0.39, 0.29) is 24.0 Å². The molecule has 0 spiro atoms. The quantitative estimate of drug-likeness (QED) is 0.219. The summed E-state index contributed by atoms with van der Waals surface area (Å²) in [5.41, 5.74) is 2.40. The van der Waals surface area contributed by atoms with Crippen molar-refractivity contribution in [2.45, 2.75) is 52.6 Å². The first-order valence-electron chi connectivity index (χ1n) is 10.3. The summed E-state index contributed by atoms with van der Waals surface area (Å²) in [5.74, 6) is 3.64. The van der Waals surface area contributed by atoms with E-state index in [4.69, 9.17) is 4.74 Å². The van der Waals surface area contributed by atoms with Gasteiger partial charge in [0.2, 0.25) is 0 Å². The number of rotatable bonds is 10. The molecular weight excluding hydrogens is 477 g/mol. The van der Waals surface area contributed by atoms with Crippen LogP contribution in [0.25, 0.3) is 0 Å². The molecule has 0 aliphatic heterocycles. The Hall–Kier alpha value is -1.77. The number of aromatic nitrogens is 2. The standard InChI is InChI=1S/C22H33N5O.HI/c1-17-6-9-20(21(14-17)28-16-19-7-8-19)15-26-22(23-3)25-10-4-5-12-27-13-11-24-18(27)2;/h6,9,11,13-14,19H,4-5,7-8,10,12,15-16H2,1-3H3,(H2,23,25,26);1H. The van der Waals surface area contributed by atoms with Gasteiger partial charge in [-0.05, 0) is 57.1 Å². The van der Waals surface area contributed by atoms with Gasteiger partial charge in [-0.3, -0.25) is 4.99 Å². The van der Waals surface area contributed by atoms with E-state index in [1.165, 1.54) is 24.0 Å². The Labute approximate surface area is 191 Å². The minimum absolute atomic E-state index is 0. The second kappa shape index (κ2) is 12.0. The fraction of sp³-hybridized carbons (Fsp3) is 0.545. The molecule has 2 aromatic rings. The molecule has 1 fully saturated rings. The molecule has 0 bridgehead atoms. The number of unbranched alkanes of at least 4 members (excludes halogenated alkanes) is 1. The largest absolute Gasteiger partial charge is 0.493 e. The predicted octanol–water partition coefficient (Wildman–Crippen LogP) is 4.05. The van der Waals surface area contributed by atoms with Gasteiger partial charge in [-0.1, -0.05) is 12.1 Å². The van der Waals surface area contributed by atoms with E-state index in [1.807, 2.05) is 26.4 Å². The fourth-order valence-corrected chi connectivity index (χ4v) is 3.09. The minimum Gasteiger partial charge on any atom is -0.493 e. The van der Waals surface area contributed by atoms with Gasteiger partial charge in [0, 0.05) is 44.6 Å². The molecule has 0 saturated heterocycles. The predicted molar refractivity (Wildman–Crippen MR) is 129 cm³/mol. The molecular formula is C22H34IN5O. The molecule has 3 rings (SSSR count). The van der Waals surface area contributed by atoms with E-state index in [9.17, 15) is 0 Å². The Balaban J connectivity index is 0.00000300. The van der Waals surface area contributed by atoms with Crippen molar-refractivity contribution in [2.24, 2.45) is 10.9 Å². The van der Waals surface area contributed by atoms with Gasteiger partial charge in [0.15, 0.2) is 5.96 Å². The molecule has 1 aliphatic carbocycles. The van der Waals surface area contributed by atoms with Crippen molar-refractivity contribution in [1.82, 2.24) is 20.2 Å². The van der Waals surface area contributed by atoms with Crippen LogP contribution in [0.2, 0.25) is 0 Å². The van der Waals surface area contributed by atoms with Gasteiger partial charge in [-0.25, -0.2) is 4.98 Å². The molecule has 29 heavy (non-hydrogen) atoms. The molecule has 1 aromatic heterocycles. The fourth-order valence-electron chi connectivity index (χ4n) is 3.09. The van der Waals surface area contributed by atoms with Gasteiger partial charge in [-0.2, -0.15) is 0 Å². The maximum atomic E-state index is 6.06. The van der Waals surface area contributed by atoms with Gasteiger partial charge in [0.25, 0.3) is 0 Å². The Morgan fingerprint density at radius 1 is 1.24 bits per heavy atom. The lowest BCUT2D eigenvalue weighted by Gasteiger charge is -2.15. The number of aliphatic imine (C=N–C) groups is 1. The first-order chi connectivity index (χ1) is 13.7. The lowest BCUT2D eigenvalue weighted by atomic mass is 10.1. The summed E-state index contributed by atoms with van der Waals surface area (Å²) in [5, 5.41) is 6.80. The van der Waals surface area contributed by atoms with Crippen molar-refractivity contribution in [2.75, 3.05) is 20.2 Å². The Morgan fingerprint density at radius 3 is 2.76 bits per heavy atom. The van der Waals surface area contributed by atoms with E-state index in [1.54, 1.807) is 0 Å². The van der Waals surface area contributed by atoms with E-state index in [0.29, 0.717) is 6.54 Å². The van der Waals surface area contributed by atoms with Crippen LogP contribution in [0.5, 0.6) is 5.75 Å². The summed E-state index contributed by atoms with van der Waals surface area (Å²) >= 11 is 0. The zero-order chi connectivity index (χ0) is 19.8. The summed E-state index contributed by atoms with van der Waals surface area (Å²) in [6.07, 6.45) is 8.68. The second-order valence-electron chi connectivity index (χ2n) is 7.59. The zero-order valence-corrected chi connectivity index (χ0v) is 20.1. The van der Waals surface area contributed by atoms with Crippen molar-refractivity contribution < 1.29 is 4.74 Å². The monoisotopic (exact) mass is 511 g/mol. The van der Waals surface area contributed by atoms with E-state index in [2.05, 4.69) is 50.3 Å². The minimum atomic E-state index is 0. The van der Waals surface area contributed by atoms with Crippen molar-refractivity contribution >= 4 is 29.9 Å². The van der Waals surface area contributed by atoms with Crippen LogP contribution in [0.1, 0.15) is 42.6 Å². The van der Waals surface area contributed by atoms with Crippen molar-refractivity contribution in [3.8, 4) is 5.75 Å². The molecule has 1 heterocycles. The summed E-state index contributed by atoms with van der Waals surface area (Å²) in [6, 6.07) is 6.41. The van der Waals surface area contributed by atoms with Gasteiger partial charge in [0.05, 0.1) is 6.61 Å². The summed E-state index contributed by atoms with van der Waals surface area (Å²) in [7, 11) is 1.81. The molecule has 1 saturated carbocycles. The van der Waals surface area contributed by atoms with Gasteiger partial charge >= 0.3 is 0 Å². The van der Waals surface area contributed by atoms with E-state index < -0.39 is 0 Å². The first-order valence-corrected chi connectivity index (χ1v) is 10.3. The first kappa shape index (κ1) is 23.5. The van der Waals surface area contributed by atoms with Crippen LogP contribution in [0.15, 0.2) is 35.6 Å². The number of nitrogens with zero attached hydrogens (tertiary/aromatic N) is 3. The number of aryl methyl sites for hydroxylation is 3. The molecule has 2 N–H and O–H groups in total. The third-order valence-corrected chi connectivity index (χ3v) is 5.11. The SMILES string of the molecule is CN=C(NCCCCn1ccnc1C)NCc1ccc(C)cc1OCC1CC1.I.